The predicted molar refractivity (Wildman–Crippen MR) is 89.9 cm³/mol. The van der Waals surface area contributed by atoms with E-state index in [9.17, 15) is 9.59 Å². The molecule has 0 radical (unpaired) electrons. The zero-order chi connectivity index (χ0) is 16.6. The molecule has 1 aromatic heterocycles. The van der Waals surface area contributed by atoms with Crippen molar-refractivity contribution in [2.75, 3.05) is 13.1 Å². The minimum absolute atomic E-state index is 0.0849. The maximum absolute atomic E-state index is 12.6. The average molecular weight is 313 g/mol. The lowest BCUT2D eigenvalue weighted by molar-refractivity contribution is -0.134. The first kappa shape index (κ1) is 15.6. The van der Waals surface area contributed by atoms with Gasteiger partial charge in [-0.3, -0.25) is 9.59 Å². The zero-order valence-electron chi connectivity index (χ0n) is 13.7. The summed E-state index contributed by atoms with van der Waals surface area (Å²) >= 11 is 0. The van der Waals surface area contributed by atoms with Crippen LogP contribution in [0.2, 0.25) is 0 Å². The van der Waals surface area contributed by atoms with Gasteiger partial charge in [0.25, 0.3) is 0 Å². The summed E-state index contributed by atoms with van der Waals surface area (Å²) in [5.74, 6) is -0.201. The van der Waals surface area contributed by atoms with E-state index in [1.54, 1.807) is 0 Å². The first-order valence-corrected chi connectivity index (χ1v) is 8.09. The molecule has 0 saturated carbocycles. The Morgan fingerprint density at radius 3 is 2.52 bits per heavy atom. The van der Waals surface area contributed by atoms with Crippen LogP contribution >= 0.6 is 0 Å². The number of likely N-dealkylation sites (tertiary alicyclic amines) is 1. The Labute approximate surface area is 136 Å². The SMILES string of the molecule is Cc1c(CC(=O)N2CCC(C(N)=O)CC2)c2ccccc2n1C. The van der Waals surface area contributed by atoms with Crippen molar-refractivity contribution in [1.29, 1.82) is 0 Å². The van der Waals surface area contributed by atoms with Crippen molar-refractivity contribution in [3.63, 3.8) is 0 Å². The lowest BCUT2D eigenvalue weighted by atomic mass is 9.95. The van der Waals surface area contributed by atoms with Gasteiger partial charge in [0.1, 0.15) is 0 Å². The highest BCUT2D eigenvalue weighted by Crippen LogP contribution is 2.26. The molecule has 1 aliphatic heterocycles. The normalized spacial score (nSPS) is 16.0. The standard InChI is InChI=1S/C18H23N3O2/c1-12-15(14-5-3-4-6-16(14)20(12)2)11-17(22)21-9-7-13(8-10-21)18(19)23/h3-6,13H,7-11H2,1-2H3,(H2,19,23). The van der Waals surface area contributed by atoms with E-state index in [2.05, 4.69) is 23.6 Å². The number of para-hydroxylation sites is 1. The van der Waals surface area contributed by atoms with Gasteiger partial charge in [0.15, 0.2) is 0 Å². The van der Waals surface area contributed by atoms with Crippen LogP contribution in [0, 0.1) is 12.8 Å². The maximum Gasteiger partial charge on any atom is 0.227 e. The Morgan fingerprint density at radius 2 is 1.87 bits per heavy atom. The van der Waals surface area contributed by atoms with Crippen LogP contribution in [-0.4, -0.2) is 34.4 Å². The van der Waals surface area contributed by atoms with E-state index in [1.807, 2.05) is 24.1 Å². The van der Waals surface area contributed by atoms with Crippen LogP contribution in [0.4, 0.5) is 0 Å². The Kier molecular flexibility index (Phi) is 4.11. The van der Waals surface area contributed by atoms with Crippen molar-refractivity contribution in [2.24, 2.45) is 18.7 Å². The highest BCUT2D eigenvalue weighted by atomic mass is 16.2. The fraction of sp³-hybridized carbons (Fsp3) is 0.444. The number of primary amides is 1. The van der Waals surface area contributed by atoms with Crippen LogP contribution in [0.1, 0.15) is 24.1 Å². The molecule has 2 aromatic rings. The molecule has 0 unspecified atom stereocenters. The summed E-state index contributed by atoms with van der Waals surface area (Å²) in [6, 6.07) is 8.18. The number of piperidine rings is 1. The van der Waals surface area contributed by atoms with Crippen molar-refractivity contribution in [3.8, 4) is 0 Å². The van der Waals surface area contributed by atoms with Gasteiger partial charge in [-0.05, 0) is 31.4 Å². The number of hydrogen-bond donors (Lipinski definition) is 1. The largest absolute Gasteiger partial charge is 0.369 e. The van der Waals surface area contributed by atoms with Gasteiger partial charge in [-0.25, -0.2) is 0 Å². The highest BCUT2D eigenvalue weighted by Gasteiger charge is 2.26. The molecule has 2 amide bonds. The molecule has 23 heavy (non-hydrogen) atoms. The van der Waals surface area contributed by atoms with Crippen LogP contribution in [0.15, 0.2) is 24.3 Å². The summed E-state index contributed by atoms with van der Waals surface area (Å²) in [5.41, 5.74) is 8.74. The first-order chi connectivity index (χ1) is 11.0. The van der Waals surface area contributed by atoms with Gasteiger partial charge in [-0.2, -0.15) is 0 Å². The maximum atomic E-state index is 12.6. The van der Waals surface area contributed by atoms with Crippen LogP contribution in [0.3, 0.4) is 0 Å². The topological polar surface area (TPSA) is 68.3 Å². The first-order valence-electron chi connectivity index (χ1n) is 8.09. The number of hydrogen-bond acceptors (Lipinski definition) is 2. The number of aryl methyl sites for hydroxylation is 1. The minimum atomic E-state index is -0.248. The Bertz CT molecular complexity index is 755. The average Bonchev–Trinajstić information content (AvgIpc) is 2.80. The number of benzene rings is 1. The molecule has 3 rings (SSSR count). The molecule has 122 valence electrons. The Balaban J connectivity index is 1.77. The van der Waals surface area contributed by atoms with Crippen molar-refractivity contribution >= 4 is 22.7 Å². The molecular formula is C18H23N3O2. The van der Waals surface area contributed by atoms with Gasteiger partial charge in [0.2, 0.25) is 11.8 Å². The number of fused-ring (bicyclic) bond motifs is 1. The molecule has 1 aliphatic rings. The number of aromatic nitrogens is 1. The molecule has 2 heterocycles. The summed E-state index contributed by atoms with van der Waals surface area (Å²) in [6.07, 6.45) is 1.76. The summed E-state index contributed by atoms with van der Waals surface area (Å²) in [6.45, 7) is 3.30. The number of rotatable bonds is 3. The number of amides is 2. The van der Waals surface area contributed by atoms with Crippen molar-refractivity contribution in [1.82, 2.24) is 9.47 Å². The zero-order valence-corrected chi connectivity index (χ0v) is 13.7. The third kappa shape index (κ3) is 2.83. The van der Waals surface area contributed by atoms with Gasteiger partial charge in [0.05, 0.1) is 6.42 Å². The molecule has 5 nitrogen and oxygen atoms in total. The van der Waals surface area contributed by atoms with Crippen molar-refractivity contribution < 1.29 is 9.59 Å². The van der Waals surface area contributed by atoms with Crippen LogP contribution in [-0.2, 0) is 23.1 Å². The van der Waals surface area contributed by atoms with Crippen LogP contribution in [0.5, 0.6) is 0 Å². The third-order valence-corrected chi connectivity index (χ3v) is 5.11. The monoisotopic (exact) mass is 313 g/mol. The lowest BCUT2D eigenvalue weighted by Gasteiger charge is -2.30. The summed E-state index contributed by atoms with van der Waals surface area (Å²) < 4.78 is 2.14. The number of nitrogens with two attached hydrogens (primary N) is 1. The minimum Gasteiger partial charge on any atom is -0.369 e. The number of carbonyl (C=O) groups excluding carboxylic acids is 2. The Hall–Kier alpha value is -2.30. The second-order valence-electron chi connectivity index (χ2n) is 6.37. The molecule has 0 bridgehead atoms. The van der Waals surface area contributed by atoms with Gasteiger partial charge in [-0.1, -0.05) is 18.2 Å². The molecule has 1 aromatic carbocycles. The lowest BCUT2D eigenvalue weighted by Crippen LogP contribution is -2.42. The molecule has 1 fully saturated rings. The van der Waals surface area contributed by atoms with Crippen LogP contribution < -0.4 is 5.73 Å². The fourth-order valence-corrected chi connectivity index (χ4v) is 3.50. The molecule has 0 aliphatic carbocycles. The van der Waals surface area contributed by atoms with Gasteiger partial charge >= 0.3 is 0 Å². The molecular weight excluding hydrogens is 290 g/mol. The molecule has 5 heteroatoms. The second kappa shape index (κ2) is 6.07. The van der Waals surface area contributed by atoms with Crippen molar-refractivity contribution in [2.45, 2.75) is 26.2 Å². The predicted octanol–water partition coefficient (Wildman–Crippen LogP) is 1.75. The number of nitrogens with zero attached hydrogens (tertiary/aromatic N) is 2. The van der Waals surface area contributed by atoms with Gasteiger partial charge < -0.3 is 15.2 Å². The van der Waals surface area contributed by atoms with E-state index in [0.29, 0.717) is 32.4 Å². The quantitative estimate of drug-likeness (QED) is 0.938. The Morgan fingerprint density at radius 1 is 1.22 bits per heavy atom. The molecule has 0 spiro atoms. The summed E-state index contributed by atoms with van der Waals surface area (Å²) in [7, 11) is 2.03. The molecule has 0 atom stereocenters. The van der Waals surface area contributed by atoms with Crippen molar-refractivity contribution in [3.05, 3.63) is 35.5 Å². The third-order valence-electron chi connectivity index (χ3n) is 5.11. The van der Waals surface area contributed by atoms with E-state index in [0.717, 1.165) is 22.2 Å². The van der Waals surface area contributed by atoms with E-state index in [-0.39, 0.29) is 17.7 Å². The fourth-order valence-electron chi connectivity index (χ4n) is 3.50. The van der Waals surface area contributed by atoms with Gasteiger partial charge in [-0.15, -0.1) is 0 Å². The van der Waals surface area contributed by atoms with E-state index in [1.165, 1.54) is 0 Å². The molecule has 2 N–H and O–H groups in total. The smallest absolute Gasteiger partial charge is 0.227 e. The summed E-state index contributed by atoms with van der Waals surface area (Å²) in [5, 5.41) is 1.15. The van der Waals surface area contributed by atoms with E-state index < -0.39 is 0 Å². The molecule has 1 saturated heterocycles. The highest BCUT2D eigenvalue weighted by molar-refractivity contribution is 5.90. The second-order valence-corrected chi connectivity index (χ2v) is 6.37. The van der Waals surface area contributed by atoms with Crippen LogP contribution in [0.25, 0.3) is 10.9 Å². The summed E-state index contributed by atoms with van der Waals surface area (Å²) in [4.78, 5) is 25.7. The van der Waals surface area contributed by atoms with Gasteiger partial charge in [0, 0.05) is 42.7 Å². The van der Waals surface area contributed by atoms with E-state index >= 15 is 0 Å². The number of carbonyl (C=O) groups is 2. The van der Waals surface area contributed by atoms with E-state index in [4.69, 9.17) is 5.73 Å².